The Hall–Kier alpha value is -4.80. The molecule has 5 aromatic carbocycles. The van der Waals surface area contributed by atoms with Crippen LogP contribution in [0.15, 0.2) is 127 Å². The van der Waals surface area contributed by atoms with Gasteiger partial charge in [-0.1, -0.05) is 0 Å². The van der Waals surface area contributed by atoms with E-state index in [1.165, 1.54) is 21.7 Å². The number of para-hydroxylation sites is 4. The van der Waals surface area contributed by atoms with Crippen LogP contribution in [0.1, 0.15) is 5.69 Å². The topological polar surface area (TPSA) is 40.0 Å². The minimum absolute atomic E-state index is 0.598. The zero-order valence-corrected chi connectivity index (χ0v) is 27.9. The third kappa shape index (κ3) is 3.60. The van der Waals surface area contributed by atoms with Crippen molar-refractivity contribution in [2.75, 3.05) is 0 Å². The molecule has 4 aromatic heterocycles. The van der Waals surface area contributed by atoms with Gasteiger partial charge in [0.1, 0.15) is 0 Å². The van der Waals surface area contributed by atoms with E-state index in [9.17, 15) is 0 Å². The summed E-state index contributed by atoms with van der Waals surface area (Å²) in [5.74, 6) is 0.773. The first-order valence-corrected chi connectivity index (χ1v) is 16.6. The number of nitrogens with zero attached hydrogens (tertiary/aromatic N) is 5. The molecule has 9 rings (SSSR count). The van der Waals surface area contributed by atoms with E-state index < -0.39 is 0 Å². The zero-order valence-electron chi connectivity index (χ0n) is 23.4. The molecule has 0 spiro atoms. The Bertz CT molecular complexity index is 2500. The number of rotatable bonds is 3. The average molecular weight is 750 g/mol. The number of imidazole rings is 1. The first-order chi connectivity index (χ1) is 21.2. The van der Waals surface area contributed by atoms with E-state index in [-0.39, 0.29) is 0 Å². The van der Waals surface area contributed by atoms with Crippen LogP contribution in [0.2, 0.25) is 0 Å². The molecule has 0 aliphatic carbocycles. The molecule has 0 N–H and O–H groups in total. The van der Waals surface area contributed by atoms with Crippen LogP contribution in [-0.4, -0.2) is 48.2 Å². The molecule has 0 aliphatic heterocycles. The molecule has 0 fully saturated rings. The van der Waals surface area contributed by atoms with Crippen molar-refractivity contribution in [3.8, 4) is 22.8 Å². The molecule has 5 nitrogen and oxygen atoms in total. The SMILES string of the molecule is Cc1c[c]([BiH2])nc(-c2c3c(cc4c2n(-c2ccccc2)c2cc5ccccc5n42)c2ccccc2n3-c2ccccc2)n1. The second-order valence-electron chi connectivity index (χ2n) is 11.0. The van der Waals surface area contributed by atoms with Crippen molar-refractivity contribution in [1.29, 1.82) is 0 Å². The first kappa shape index (κ1) is 24.8. The van der Waals surface area contributed by atoms with Gasteiger partial charge >= 0.3 is 264 Å². The molecule has 43 heavy (non-hydrogen) atoms. The predicted octanol–water partition coefficient (Wildman–Crippen LogP) is 7.16. The number of aryl methyl sites for hydroxylation is 1. The normalized spacial score (nSPS) is 12.0. The molecule has 0 amide bonds. The van der Waals surface area contributed by atoms with Crippen molar-refractivity contribution in [3.05, 3.63) is 133 Å². The number of hydrogen-bond acceptors (Lipinski definition) is 2. The van der Waals surface area contributed by atoms with Gasteiger partial charge in [-0.2, -0.15) is 0 Å². The Labute approximate surface area is 262 Å². The molecule has 4 heterocycles. The van der Waals surface area contributed by atoms with Crippen molar-refractivity contribution < 1.29 is 0 Å². The summed E-state index contributed by atoms with van der Waals surface area (Å²) in [6.45, 7) is 2.08. The minimum atomic E-state index is 0.598. The van der Waals surface area contributed by atoms with Gasteiger partial charge in [0.05, 0.1) is 0 Å². The summed E-state index contributed by atoms with van der Waals surface area (Å²) in [5, 5.41) is 3.61. The fraction of sp³-hybridized carbons (Fsp3) is 0.0270. The fourth-order valence-electron chi connectivity index (χ4n) is 6.77. The van der Waals surface area contributed by atoms with E-state index in [2.05, 4.69) is 148 Å². The Morgan fingerprint density at radius 3 is 1.95 bits per heavy atom. The van der Waals surface area contributed by atoms with Gasteiger partial charge in [0.25, 0.3) is 0 Å². The van der Waals surface area contributed by atoms with Gasteiger partial charge < -0.3 is 0 Å². The van der Waals surface area contributed by atoms with Gasteiger partial charge in [0, 0.05) is 0 Å². The van der Waals surface area contributed by atoms with Crippen molar-refractivity contribution in [3.63, 3.8) is 0 Å². The van der Waals surface area contributed by atoms with Gasteiger partial charge in [-0.05, 0) is 0 Å². The van der Waals surface area contributed by atoms with Crippen molar-refractivity contribution in [2.45, 2.75) is 6.92 Å². The Morgan fingerprint density at radius 1 is 0.558 bits per heavy atom. The molecule has 0 saturated carbocycles. The monoisotopic (exact) mass is 749 g/mol. The van der Waals surface area contributed by atoms with E-state index in [1.807, 2.05) is 0 Å². The second-order valence-corrected chi connectivity index (χ2v) is 13.3. The molecule has 0 radical (unpaired) electrons. The van der Waals surface area contributed by atoms with Crippen LogP contribution in [-0.2, 0) is 0 Å². The van der Waals surface area contributed by atoms with Crippen LogP contribution in [0.25, 0.3) is 72.2 Å². The standard InChI is InChI=1S/C37H24N5.Bi.2H/c1-24-20-21-38-37(39-24)34-35-29(28-17-9-11-19-31(28)40(35)26-13-4-2-5-14-26)23-32-36(34)41(27-15-6-3-7-16-27)33-22-25-12-8-10-18-30(25)42(32)33;;;/h2-20,22-23H,1H3;;;. The second kappa shape index (κ2) is 9.35. The molecule has 204 valence electrons. The Morgan fingerprint density at radius 2 is 1.21 bits per heavy atom. The summed E-state index contributed by atoms with van der Waals surface area (Å²) in [4.78, 5) is 10.3. The first-order valence-electron chi connectivity index (χ1n) is 14.4. The molecule has 0 aliphatic rings. The summed E-state index contributed by atoms with van der Waals surface area (Å²) >= 11 is 0.598. The van der Waals surface area contributed by atoms with E-state index in [0.29, 0.717) is 24.7 Å². The van der Waals surface area contributed by atoms with Crippen molar-refractivity contribution in [1.82, 2.24) is 23.5 Å². The van der Waals surface area contributed by atoms with Gasteiger partial charge in [-0.15, -0.1) is 0 Å². The van der Waals surface area contributed by atoms with Crippen molar-refractivity contribution >= 4 is 77.5 Å². The van der Waals surface area contributed by atoms with Gasteiger partial charge in [-0.3, -0.25) is 0 Å². The van der Waals surface area contributed by atoms with Crippen LogP contribution in [0.5, 0.6) is 0 Å². The van der Waals surface area contributed by atoms with E-state index in [4.69, 9.17) is 9.97 Å². The van der Waals surface area contributed by atoms with Crippen LogP contribution >= 0.6 is 0 Å². The third-order valence-corrected chi connectivity index (χ3v) is 9.57. The van der Waals surface area contributed by atoms with E-state index in [0.717, 1.165) is 59.6 Å². The number of benzene rings is 5. The van der Waals surface area contributed by atoms with Gasteiger partial charge in [-0.25, -0.2) is 0 Å². The quantitative estimate of drug-likeness (QED) is 0.180. The summed E-state index contributed by atoms with van der Waals surface area (Å²) < 4.78 is 8.33. The molecular weight excluding hydrogens is 723 g/mol. The van der Waals surface area contributed by atoms with Crippen LogP contribution in [0.4, 0.5) is 0 Å². The number of hydrogen-bond donors (Lipinski definition) is 0. The number of aromatic nitrogens is 5. The van der Waals surface area contributed by atoms with Gasteiger partial charge in [0.2, 0.25) is 0 Å². The van der Waals surface area contributed by atoms with Crippen LogP contribution in [0.3, 0.4) is 0 Å². The number of fused-ring (bicyclic) bond motifs is 8. The Balaban J connectivity index is 1.63. The summed E-state index contributed by atoms with van der Waals surface area (Å²) in [7, 11) is 0. The summed E-state index contributed by atoms with van der Waals surface area (Å²) in [6, 6.07) is 45.5. The molecule has 0 bridgehead atoms. The molecule has 9 aromatic rings. The van der Waals surface area contributed by atoms with Crippen LogP contribution in [0, 0.1) is 6.92 Å². The average Bonchev–Trinajstić information content (AvgIpc) is 3.67. The zero-order chi connectivity index (χ0) is 28.7. The fourth-order valence-corrected chi connectivity index (χ4v) is 8.19. The predicted molar refractivity (Wildman–Crippen MR) is 180 cm³/mol. The third-order valence-electron chi connectivity index (χ3n) is 8.42. The molecule has 0 unspecified atom stereocenters. The summed E-state index contributed by atoms with van der Waals surface area (Å²) in [5.41, 5.74) is 11.1. The van der Waals surface area contributed by atoms with Crippen molar-refractivity contribution in [2.24, 2.45) is 0 Å². The maximum atomic E-state index is 5.19. The summed E-state index contributed by atoms with van der Waals surface area (Å²) in [6.07, 6.45) is 0. The van der Waals surface area contributed by atoms with Crippen LogP contribution < -0.4 is 3.40 Å². The molecule has 0 saturated heterocycles. The Kier molecular flexibility index (Phi) is 5.39. The van der Waals surface area contributed by atoms with E-state index in [1.54, 1.807) is 0 Å². The molecule has 6 heteroatoms. The maximum absolute atomic E-state index is 5.19. The molecule has 0 atom stereocenters. The van der Waals surface area contributed by atoms with E-state index >= 15 is 0 Å². The van der Waals surface area contributed by atoms with Gasteiger partial charge in [0.15, 0.2) is 0 Å². The molecular formula is C37H26BiN5.